The first-order valence-electron chi connectivity index (χ1n) is 6.40. The first-order chi connectivity index (χ1) is 10.0. The highest BCUT2D eigenvalue weighted by molar-refractivity contribution is 6.03. The minimum atomic E-state index is -0.322. The number of nitrogens with one attached hydrogen (secondary N) is 1. The Labute approximate surface area is 122 Å². The molecule has 2 aromatic carbocycles. The summed E-state index contributed by atoms with van der Waals surface area (Å²) in [7, 11) is 0. The summed E-state index contributed by atoms with van der Waals surface area (Å²) in [6.45, 7) is 1.47. The summed E-state index contributed by atoms with van der Waals surface area (Å²) in [5, 5.41) is 2.67. The van der Waals surface area contributed by atoms with Crippen molar-refractivity contribution in [3.63, 3.8) is 0 Å². The maximum atomic E-state index is 12.7. The van der Waals surface area contributed by atoms with E-state index in [1.54, 1.807) is 42.5 Å². The molecule has 0 spiro atoms. The molecule has 3 nitrogen and oxygen atoms in total. The summed E-state index contributed by atoms with van der Waals surface area (Å²) in [4.78, 5) is 23.0. The maximum absolute atomic E-state index is 12.7. The van der Waals surface area contributed by atoms with Gasteiger partial charge in [-0.15, -0.1) is 0 Å². The molecule has 0 saturated carbocycles. The summed E-state index contributed by atoms with van der Waals surface area (Å²) in [6, 6.07) is 12.5. The van der Waals surface area contributed by atoms with Crippen LogP contribution in [0.2, 0.25) is 0 Å². The van der Waals surface area contributed by atoms with Crippen molar-refractivity contribution < 1.29 is 14.0 Å². The van der Waals surface area contributed by atoms with Crippen molar-refractivity contribution in [2.24, 2.45) is 0 Å². The Morgan fingerprint density at radius 2 is 1.81 bits per heavy atom. The molecule has 0 heterocycles. The number of hydrogen-bond acceptors (Lipinski definition) is 2. The van der Waals surface area contributed by atoms with E-state index in [0.29, 0.717) is 11.3 Å². The number of carbonyl (C=O) groups excluding carboxylic acids is 2. The molecule has 0 atom stereocenters. The summed E-state index contributed by atoms with van der Waals surface area (Å²) >= 11 is 0. The molecule has 0 aromatic heterocycles. The Morgan fingerprint density at radius 1 is 1.10 bits per heavy atom. The van der Waals surface area contributed by atoms with Crippen LogP contribution in [0.15, 0.2) is 54.6 Å². The lowest BCUT2D eigenvalue weighted by molar-refractivity contribution is -0.111. The lowest BCUT2D eigenvalue weighted by atomic mass is 10.1. The third-order valence-electron chi connectivity index (χ3n) is 2.83. The Balaban J connectivity index is 2.03. The monoisotopic (exact) mass is 283 g/mol. The van der Waals surface area contributed by atoms with E-state index < -0.39 is 0 Å². The van der Waals surface area contributed by atoms with E-state index in [1.807, 2.05) is 0 Å². The van der Waals surface area contributed by atoms with Crippen LogP contribution in [-0.4, -0.2) is 11.7 Å². The third kappa shape index (κ3) is 4.38. The Morgan fingerprint density at radius 3 is 2.48 bits per heavy atom. The number of halogens is 1. The first kappa shape index (κ1) is 14.7. The number of anilines is 1. The number of carbonyl (C=O) groups is 2. The average Bonchev–Trinajstić information content (AvgIpc) is 2.47. The molecule has 0 aliphatic heterocycles. The molecule has 0 unspecified atom stereocenters. The molecule has 0 aliphatic rings. The molecule has 2 aromatic rings. The fourth-order valence-electron chi connectivity index (χ4n) is 1.75. The van der Waals surface area contributed by atoms with Gasteiger partial charge < -0.3 is 5.32 Å². The van der Waals surface area contributed by atoms with Gasteiger partial charge >= 0.3 is 0 Å². The standard InChI is InChI=1S/C17H14FNO2/c1-12(20)14-3-2-4-16(11-14)19-17(21)10-7-13-5-8-15(18)9-6-13/h2-11H,1H3,(H,19,21). The summed E-state index contributed by atoms with van der Waals surface area (Å²) in [5.41, 5.74) is 1.82. The number of ketones is 1. The maximum Gasteiger partial charge on any atom is 0.248 e. The fraction of sp³-hybridized carbons (Fsp3) is 0.0588. The smallest absolute Gasteiger partial charge is 0.248 e. The number of Topliss-reactive ketones (excluding diaryl/α,β-unsaturated/α-hetero) is 1. The molecule has 0 saturated heterocycles. The zero-order valence-corrected chi connectivity index (χ0v) is 11.5. The van der Waals surface area contributed by atoms with Gasteiger partial charge in [0.1, 0.15) is 5.82 Å². The Hall–Kier alpha value is -2.75. The van der Waals surface area contributed by atoms with E-state index >= 15 is 0 Å². The van der Waals surface area contributed by atoms with E-state index in [-0.39, 0.29) is 17.5 Å². The van der Waals surface area contributed by atoms with Gasteiger partial charge in [0.05, 0.1) is 0 Å². The van der Waals surface area contributed by atoms with Crippen molar-refractivity contribution in [1.29, 1.82) is 0 Å². The van der Waals surface area contributed by atoms with Crippen LogP contribution in [0.1, 0.15) is 22.8 Å². The van der Waals surface area contributed by atoms with Gasteiger partial charge in [-0.25, -0.2) is 4.39 Å². The average molecular weight is 283 g/mol. The van der Waals surface area contributed by atoms with Crippen LogP contribution in [-0.2, 0) is 4.79 Å². The first-order valence-corrected chi connectivity index (χ1v) is 6.40. The minimum absolute atomic E-state index is 0.0621. The van der Waals surface area contributed by atoms with E-state index in [9.17, 15) is 14.0 Å². The van der Waals surface area contributed by atoms with Gasteiger partial charge in [-0.1, -0.05) is 24.3 Å². The molecule has 1 N–H and O–H groups in total. The second kappa shape index (κ2) is 6.61. The highest BCUT2D eigenvalue weighted by Gasteiger charge is 2.02. The minimum Gasteiger partial charge on any atom is -0.322 e. The molecular formula is C17H14FNO2. The third-order valence-corrected chi connectivity index (χ3v) is 2.83. The van der Waals surface area contributed by atoms with E-state index in [0.717, 1.165) is 5.56 Å². The lowest BCUT2D eigenvalue weighted by Crippen LogP contribution is -2.08. The van der Waals surface area contributed by atoms with E-state index in [1.165, 1.54) is 25.1 Å². The highest BCUT2D eigenvalue weighted by Crippen LogP contribution is 2.11. The van der Waals surface area contributed by atoms with E-state index in [2.05, 4.69) is 5.32 Å². The van der Waals surface area contributed by atoms with Gasteiger partial charge in [-0.05, 0) is 42.8 Å². The van der Waals surface area contributed by atoms with Crippen LogP contribution >= 0.6 is 0 Å². The van der Waals surface area contributed by atoms with Gasteiger partial charge in [0, 0.05) is 17.3 Å². The van der Waals surface area contributed by atoms with Crippen molar-refractivity contribution in [2.75, 3.05) is 5.32 Å². The quantitative estimate of drug-likeness (QED) is 0.687. The normalized spacial score (nSPS) is 10.6. The van der Waals surface area contributed by atoms with Crippen molar-refractivity contribution in [2.45, 2.75) is 6.92 Å². The van der Waals surface area contributed by atoms with Gasteiger partial charge in [0.25, 0.3) is 0 Å². The van der Waals surface area contributed by atoms with Gasteiger partial charge in [-0.2, -0.15) is 0 Å². The lowest BCUT2D eigenvalue weighted by Gasteiger charge is -2.03. The zero-order chi connectivity index (χ0) is 15.2. The number of rotatable bonds is 4. The molecule has 21 heavy (non-hydrogen) atoms. The topological polar surface area (TPSA) is 46.2 Å². The molecule has 4 heteroatoms. The number of hydrogen-bond donors (Lipinski definition) is 1. The van der Waals surface area contributed by atoms with Gasteiger partial charge in [-0.3, -0.25) is 9.59 Å². The van der Waals surface area contributed by atoms with Crippen molar-refractivity contribution in [3.8, 4) is 0 Å². The predicted molar refractivity (Wildman–Crippen MR) is 80.5 cm³/mol. The van der Waals surface area contributed by atoms with Crippen LogP contribution in [0.25, 0.3) is 6.08 Å². The molecule has 0 fully saturated rings. The van der Waals surface area contributed by atoms with Gasteiger partial charge in [0.2, 0.25) is 5.91 Å². The van der Waals surface area contributed by atoms with Crippen molar-refractivity contribution >= 4 is 23.5 Å². The Bertz CT molecular complexity index is 690. The SMILES string of the molecule is CC(=O)c1cccc(NC(=O)C=Cc2ccc(F)cc2)c1. The van der Waals surface area contributed by atoms with Crippen molar-refractivity contribution in [1.82, 2.24) is 0 Å². The molecule has 0 bridgehead atoms. The summed E-state index contributed by atoms with van der Waals surface area (Å²) in [6.07, 6.45) is 2.94. The zero-order valence-electron chi connectivity index (χ0n) is 11.5. The number of benzene rings is 2. The molecular weight excluding hydrogens is 269 g/mol. The van der Waals surface area contributed by atoms with Crippen LogP contribution in [0.5, 0.6) is 0 Å². The summed E-state index contributed by atoms with van der Waals surface area (Å²) < 4.78 is 12.7. The van der Waals surface area contributed by atoms with Crippen LogP contribution < -0.4 is 5.32 Å². The second-order valence-corrected chi connectivity index (χ2v) is 4.51. The highest BCUT2D eigenvalue weighted by atomic mass is 19.1. The fourth-order valence-corrected chi connectivity index (χ4v) is 1.75. The van der Waals surface area contributed by atoms with Crippen LogP contribution in [0.3, 0.4) is 0 Å². The summed E-state index contributed by atoms with van der Waals surface area (Å²) in [5.74, 6) is -0.703. The predicted octanol–water partition coefficient (Wildman–Crippen LogP) is 3.68. The molecule has 1 amide bonds. The van der Waals surface area contributed by atoms with Crippen LogP contribution in [0, 0.1) is 5.82 Å². The Kier molecular flexibility index (Phi) is 4.61. The van der Waals surface area contributed by atoms with Crippen LogP contribution in [0.4, 0.5) is 10.1 Å². The molecule has 0 aliphatic carbocycles. The molecule has 106 valence electrons. The molecule has 2 rings (SSSR count). The second-order valence-electron chi connectivity index (χ2n) is 4.51. The largest absolute Gasteiger partial charge is 0.322 e. The van der Waals surface area contributed by atoms with Gasteiger partial charge in [0.15, 0.2) is 5.78 Å². The molecule has 0 radical (unpaired) electrons. The van der Waals surface area contributed by atoms with E-state index in [4.69, 9.17) is 0 Å². The van der Waals surface area contributed by atoms with Crippen molar-refractivity contribution in [3.05, 3.63) is 71.6 Å². The number of amides is 1.